The van der Waals surface area contributed by atoms with Crippen LogP contribution in [0, 0.1) is 6.92 Å². The predicted octanol–water partition coefficient (Wildman–Crippen LogP) is 1.95. The Morgan fingerprint density at radius 2 is 1.77 bits per heavy atom. The number of aromatic nitrogens is 1. The molecule has 0 spiro atoms. The van der Waals surface area contributed by atoms with E-state index in [-0.39, 0.29) is 31.1 Å². The minimum atomic E-state index is -0.426. The molecule has 0 bridgehead atoms. The highest BCUT2D eigenvalue weighted by Crippen LogP contribution is 2.24. The fourth-order valence-corrected chi connectivity index (χ4v) is 3.38. The summed E-state index contributed by atoms with van der Waals surface area (Å²) in [7, 11) is 1.29. The van der Waals surface area contributed by atoms with E-state index >= 15 is 0 Å². The van der Waals surface area contributed by atoms with Crippen LogP contribution in [-0.2, 0) is 25.5 Å². The van der Waals surface area contributed by atoms with Crippen LogP contribution >= 0.6 is 0 Å². The molecule has 0 aliphatic carbocycles. The van der Waals surface area contributed by atoms with Gasteiger partial charge in [-0.15, -0.1) is 0 Å². The SMILES string of the molecule is COC(=O)CCC(=O)N1CCCN1C(=O)Cc1c(C)[nH]c2ccccc12. The first-order chi connectivity index (χ1) is 12.5. The number of hydrazine groups is 1. The van der Waals surface area contributed by atoms with E-state index in [1.165, 1.54) is 17.1 Å². The van der Waals surface area contributed by atoms with Crippen molar-refractivity contribution in [1.82, 2.24) is 15.0 Å². The number of hydrogen-bond donors (Lipinski definition) is 1. The van der Waals surface area contributed by atoms with Gasteiger partial charge in [0.2, 0.25) is 11.8 Å². The van der Waals surface area contributed by atoms with Crippen molar-refractivity contribution < 1.29 is 19.1 Å². The zero-order valence-electron chi connectivity index (χ0n) is 15.1. The van der Waals surface area contributed by atoms with Gasteiger partial charge in [0.15, 0.2) is 0 Å². The van der Waals surface area contributed by atoms with Crippen molar-refractivity contribution in [3.05, 3.63) is 35.5 Å². The molecule has 7 heteroatoms. The predicted molar refractivity (Wildman–Crippen MR) is 96.0 cm³/mol. The van der Waals surface area contributed by atoms with Gasteiger partial charge in [-0.3, -0.25) is 24.4 Å². The van der Waals surface area contributed by atoms with E-state index in [1.807, 2.05) is 31.2 Å². The van der Waals surface area contributed by atoms with Crippen LogP contribution in [0.25, 0.3) is 10.9 Å². The molecule has 2 amide bonds. The second-order valence-electron chi connectivity index (χ2n) is 6.41. The molecule has 1 aromatic carbocycles. The average molecular weight is 357 g/mol. The summed E-state index contributed by atoms with van der Waals surface area (Å²) in [5.74, 6) is -0.761. The number of amides is 2. The number of ether oxygens (including phenoxy) is 1. The molecule has 1 saturated heterocycles. The molecule has 0 radical (unpaired) electrons. The van der Waals surface area contributed by atoms with E-state index < -0.39 is 5.97 Å². The number of esters is 1. The highest BCUT2D eigenvalue weighted by Gasteiger charge is 2.31. The molecule has 2 heterocycles. The standard InChI is InChI=1S/C19H23N3O4/c1-13-15(14-6-3-4-7-16(14)20-13)12-18(24)22-11-5-10-21(22)17(23)8-9-19(25)26-2/h3-4,6-7,20H,5,8-12H2,1-2H3. The third kappa shape index (κ3) is 3.56. The van der Waals surface area contributed by atoms with Crippen LogP contribution in [0.5, 0.6) is 0 Å². The quantitative estimate of drug-likeness (QED) is 0.829. The van der Waals surface area contributed by atoms with E-state index in [0.717, 1.165) is 28.6 Å². The number of aromatic amines is 1. The number of rotatable bonds is 5. The Hall–Kier alpha value is -2.83. The Balaban J connectivity index is 1.71. The van der Waals surface area contributed by atoms with E-state index in [2.05, 4.69) is 9.72 Å². The number of H-pyrrole nitrogens is 1. The minimum Gasteiger partial charge on any atom is -0.469 e. The summed E-state index contributed by atoms with van der Waals surface area (Å²) in [6.45, 7) is 2.97. The van der Waals surface area contributed by atoms with Crippen molar-refractivity contribution in [2.75, 3.05) is 20.2 Å². The molecule has 0 unspecified atom stereocenters. The Morgan fingerprint density at radius 3 is 2.50 bits per heavy atom. The van der Waals surface area contributed by atoms with Gasteiger partial charge in [0.25, 0.3) is 0 Å². The van der Waals surface area contributed by atoms with E-state index in [4.69, 9.17) is 0 Å². The van der Waals surface area contributed by atoms with Crippen molar-refractivity contribution in [3.8, 4) is 0 Å². The maximum absolute atomic E-state index is 12.8. The van der Waals surface area contributed by atoms with Crippen LogP contribution in [0.1, 0.15) is 30.5 Å². The first-order valence-corrected chi connectivity index (χ1v) is 8.75. The lowest BCUT2D eigenvalue weighted by Crippen LogP contribution is -2.45. The number of nitrogens with one attached hydrogen (secondary N) is 1. The van der Waals surface area contributed by atoms with Gasteiger partial charge in [-0.25, -0.2) is 0 Å². The molecular formula is C19H23N3O4. The minimum absolute atomic E-state index is 0.0232. The number of nitrogens with zero attached hydrogens (tertiary/aromatic N) is 2. The molecule has 1 aromatic heterocycles. The van der Waals surface area contributed by atoms with Gasteiger partial charge < -0.3 is 9.72 Å². The highest BCUT2D eigenvalue weighted by atomic mass is 16.5. The van der Waals surface area contributed by atoms with Gasteiger partial charge in [-0.1, -0.05) is 18.2 Å². The van der Waals surface area contributed by atoms with Gasteiger partial charge in [-0.2, -0.15) is 0 Å². The van der Waals surface area contributed by atoms with Crippen molar-refractivity contribution in [2.45, 2.75) is 32.6 Å². The Kier molecular flexibility index (Phi) is 5.25. The van der Waals surface area contributed by atoms with E-state index in [1.54, 1.807) is 0 Å². The second-order valence-corrected chi connectivity index (χ2v) is 6.41. The molecule has 7 nitrogen and oxygen atoms in total. The number of carbonyl (C=O) groups is 3. The maximum atomic E-state index is 12.8. The third-order valence-corrected chi connectivity index (χ3v) is 4.73. The Labute approximate surface area is 151 Å². The molecule has 1 aliphatic heterocycles. The smallest absolute Gasteiger partial charge is 0.306 e. The first-order valence-electron chi connectivity index (χ1n) is 8.75. The molecule has 1 N–H and O–H groups in total. The largest absolute Gasteiger partial charge is 0.469 e. The third-order valence-electron chi connectivity index (χ3n) is 4.73. The molecule has 0 saturated carbocycles. The maximum Gasteiger partial charge on any atom is 0.306 e. The van der Waals surface area contributed by atoms with Crippen LogP contribution in [0.2, 0.25) is 0 Å². The van der Waals surface area contributed by atoms with Crippen molar-refractivity contribution in [1.29, 1.82) is 0 Å². The van der Waals surface area contributed by atoms with Crippen LogP contribution < -0.4 is 0 Å². The summed E-state index contributed by atoms with van der Waals surface area (Å²) >= 11 is 0. The van der Waals surface area contributed by atoms with Gasteiger partial charge in [0.05, 0.1) is 20.0 Å². The van der Waals surface area contributed by atoms with Crippen molar-refractivity contribution in [3.63, 3.8) is 0 Å². The lowest BCUT2D eigenvalue weighted by atomic mass is 10.1. The molecule has 1 fully saturated rings. The van der Waals surface area contributed by atoms with E-state index in [9.17, 15) is 14.4 Å². The Morgan fingerprint density at radius 1 is 1.08 bits per heavy atom. The summed E-state index contributed by atoms with van der Waals surface area (Å²) in [6, 6.07) is 7.87. The second kappa shape index (κ2) is 7.59. The molecule has 138 valence electrons. The van der Waals surface area contributed by atoms with E-state index in [0.29, 0.717) is 13.1 Å². The summed E-state index contributed by atoms with van der Waals surface area (Å²) in [4.78, 5) is 39.8. The van der Waals surface area contributed by atoms with Gasteiger partial charge in [-0.05, 0) is 25.0 Å². The van der Waals surface area contributed by atoms with Crippen LogP contribution in [-0.4, -0.2) is 53.0 Å². The fourth-order valence-electron chi connectivity index (χ4n) is 3.38. The number of aryl methyl sites for hydroxylation is 1. The summed E-state index contributed by atoms with van der Waals surface area (Å²) in [6.07, 6.45) is 1.04. The lowest BCUT2D eigenvalue weighted by molar-refractivity contribution is -0.158. The van der Waals surface area contributed by atoms with Crippen LogP contribution in [0.15, 0.2) is 24.3 Å². The molecular weight excluding hydrogens is 334 g/mol. The van der Waals surface area contributed by atoms with Crippen molar-refractivity contribution in [2.24, 2.45) is 0 Å². The zero-order chi connectivity index (χ0) is 18.7. The fraction of sp³-hybridized carbons (Fsp3) is 0.421. The highest BCUT2D eigenvalue weighted by molar-refractivity contribution is 5.91. The summed E-state index contributed by atoms with van der Waals surface area (Å²) < 4.78 is 4.57. The molecule has 0 atom stereocenters. The first kappa shape index (κ1) is 18.0. The Bertz CT molecular complexity index is 842. The van der Waals surface area contributed by atoms with Gasteiger partial charge >= 0.3 is 5.97 Å². The monoisotopic (exact) mass is 357 g/mol. The number of methoxy groups -OCH3 is 1. The number of hydrogen-bond acceptors (Lipinski definition) is 4. The molecule has 1 aliphatic rings. The zero-order valence-corrected chi connectivity index (χ0v) is 15.1. The molecule has 26 heavy (non-hydrogen) atoms. The number of carbonyl (C=O) groups excluding carboxylic acids is 3. The molecule has 2 aromatic rings. The number of fused-ring (bicyclic) bond motifs is 1. The average Bonchev–Trinajstić information content (AvgIpc) is 3.24. The summed E-state index contributed by atoms with van der Waals surface area (Å²) in [5.41, 5.74) is 2.92. The van der Waals surface area contributed by atoms with Gasteiger partial charge in [0.1, 0.15) is 0 Å². The molecule has 3 rings (SSSR count). The number of para-hydroxylation sites is 1. The summed E-state index contributed by atoms with van der Waals surface area (Å²) in [5, 5.41) is 4.01. The van der Waals surface area contributed by atoms with Gasteiger partial charge in [0, 0.05) is 36.1 Å². The lowest BCUT2D eigenvalue weighted by Gasteiger charge is -2.28. The topological polar surface area (TPSA) is 82.7 Å². The number of benzene rings is 1. The van der Waals surface area contributed by atoms with Crippen LogP contribution in [0.4, 0.5) is 0 Å². The normalized spacial score (nSPS) is 14.1. The van der Waals surface area contributed by atoms with Crippen LogP contribution in [0.3, 0.4) is 0 Å². The van der Waals surface area contributed by atoms with Crippen molar-refractivity contribution >= 4 is 28.7 Å².